The molecule has 260 valence electrons. The summed E-state index contributed by atoms with van der Waals surface area (Å²) in [7, 11) is 0. The van der Waals surface area contributed by atoms with Gasteiger partial charge in [-0.15, -0.1) is 0 Å². The van der Waals surface area contributed by atoms with Gasteiger partial charge >= 0.3 is 0 Å². The zero-order valence-electron chi connectivity index (χ0n) is 30.2. The van der Waals surface area contributed by atoms with Crippen LogP contribution in [-0.2, 0) is 19.5 Å². The summed E-state index contributed by atoms with van der Waals surface area (Å²) in [5.41, 5.74) is 15.2. The molecule has 9 heteroatoms. The van der Waals surface area contributed by atoms with Crippen LogP contribution in [0.1, 0.15) is 45.0 Å². The van der Waals surface area contributed by atoms with Gasteiger partial charge in [0.05, 0.1) is 69.3 Å². The number of aromatic amines is 2. The average Bonchev–Trinajstić information content (AvgIpc) is 4.10. The predicted octanol–water partition coefficient (Wildman–Crippen LogP) is 10.8. The Morgan fingerprint density at radius 3 is 0.719 bits per heavy atom. The van der Waals surface area contributed by atoms with E-state index in [4.69, 9.17) is 9.97 Å². The molecule has 0 amide bonds. The Morgan fingerprint density at radius 2 is 0.526 bits per heavy atom. The van der Waals surface area contributed by atoms with Gasteiger partial charge in [0.25, 0.3) is 0 Å². The monoisotopic (exact) mass is 778 g/mol. The summed E-state index contributed by atoms with van der Waals surface area (Å²) in [5, 5.41) is 38.3. The quantitative estimate of drug-likeness (QED) is 0.170. The van der Waals surface area contributed by atoms with Gasteiger partial charge in [-0.05, 0) is 119 Å². The molecule has 4 aromatic carbocycles. The molecule has 9 rings (SSSR count). The molecule has 7 aromatic rings. The number of rotatable bonds is 4. The van der Waals surface area contributed by atoms with E-state index in [-0.39, 0.29) is 19.5 Å². The van der Waals surface area contributed by atoms with Crippen LogP contribution in [0.15, 0.2) is 121 Å². The van der Waals surface area contributed by atoms with Gasteiger partial charge in [-0.3, -0.25) is 0 Å². The van der Waals surface area contributed by atoms with Crippen LogP contribution in [0.5, 0.6) is 0 Å². The fourth-order valence-electron chi connectivity index (χ4n) is 7.27. The van der Waals surface area contributed by atoms with Crippen LogP contribution < -0.4 is 0 Å². The van der Waals surface area contributed by atoms with Crippen LogP contribution in [0.4, 0.5) is 0 Å². The van der Waals surface area contributed by atoms with E-state index in [1.54, 1.807) is 48.5 Å². The van der Waals surface area contributed by atoms with E-state index in [1.807, 2.05) is 97.1 Å². The van der Waals surface area contributed by atoms with Gasteiger partial charge in [0, 0.05) is 63.8 Å². The molecule has 3 aromatic heterocycles. The van der Waals surface area contributed by atoms with Gasteiger partial charge in [0.15, 0.2) is 0 Å². The number of nitriles is 4. The Bertz CT molecular complexity index is 2720. The summed E-state index contributed by atoms with van der Waals surface area (Å²) >= 11 is 0. The summed E-state index contributed by atoms with van der Waals surface area (Å²) < 4.78 is 0. The fourth-order valence-corrected chi connectivity index (χ4v) is 7.27. The predicted molar refractivity (Wildman–Crippen MR) is 219 cm³/mol. The van der Waals surface area contributed by atoms with Crippen molar-refractivity contribution >= 4 is 46.4 Å². The van der Waals surface area contributed by atoms with E-state index >= 15 is 0 Å². The largest absolute Gasteiger partial charge is 0.354 e. The normalized spacial score (nSPS) is 11.2. The first kappa shape index (κ1) is 36.1. The summed E-state index contributed by atoms with van der Waals surface area (Å²) in [6, 6.07) is 46.8. The van der Waals surface area contributed by atoms with Crippen LogP contribution in [0.2, 0.25) is 0 Å². The first-order valence-corrected chi connectivity index (χ1v) is 17.7. The van der Waals surface area contributed by atoms with Crippen molar-refractivity contribution in [3.8, 4) is 68.8 Å². The maximum atomic E-state index is 9.58. The zero-order valence-corrected chi connectivity index (χ0v) is 33.2. The molecular formula is C48H26N8Zn. The molecule has 8 nitrogen and oxygen atoms in total. The van der Waals surface area contributed by atoms with Crippen molar-refractivity contribution < 1.29 is 19.5 Å². The van der Waals surface area contributed by atoms with Gasteiger partial charge in [-0.25, -0.2) is 9.97 Å². The Labute approximate surface area is 340 Å². The molecule has 0 aliphatic carbocycles. The summed E-state index contributed by atoms with van der Waals surface area (Å²) in [5.74, 6) is 0. The van der Waals surface area contributed by atoms with Crippen LogP contribution in [0.25, 0.3) is 90.9 Å². The third-order valence-electron chi connectivity index (χ3n) is 9.96. The molecule has 0 radical (unpaired) electrons. The molecule has 0 atom stereocenters. The average molecular weight is 780 g/mol. The van der Waals surface area contributed by atoms with Gasteiger partial charge in [0.2, 0.25) is 0 Å². The maximum absolute atomic E-state index is 9.58. The SMILES string of the molecule is N#Cc1ccc(-c2c3nc(c(-c4ccc(C#N)cc4)c4ccc([nH]4)c(-c4ccc(C#N)cc4)c4nc(c(-c5ccc(C#N)cc5)c5ccc2[nH]5)C=C4)C=C3)cc1.[Zn]. The number of aromatic nitrogens is 4. The molecule has 57 heavy (non-hydrogen) atoms. The number of benzene rings is 4. The molecule has 8 bridgehead atoms. The Hall–Kier alpha value is -7.94. The Balaban J connectivity index is 0.00000455. The van der Waals surface area contributed by atoms with Gasteiger partial charge < -0.3 is 9.97 Å². The second-order valence-electron chi connectivity index (χ2n) is 13.3. The van der Waals surface area contributed by atoms with Crippen molar-refractivity contribution in [1.82, 2.24) is 19.9 Å². The minimum atomic E-state index is 0. The number of nitrogens with zero attached hydrogens (tertiary/aromatic N) is 6. The van der Waals surface area contributed by atoms with Crippen molar-refractivity contribution in [3.63, 3.8) is 0 Å². The number of nitrogens with one attached hydrogen (secondary N) is 2. The summed E-state index contributed by atoms with van der Waals surface area (Å²) in [6.45, 7) is 0. The first-order valence-electron chi connectivity index (χ1n) is 17.7. The summed E-state index contributed by atoms with van der Waals surface area (Å²) in [4.78, 5) is 17.9. The third-order valence-corrected chi connectivity index (χ3v) is 9.96. The fraction of sp³-hybridized carbons (Fsp3) is 0. The number of H-pyrrole nitrogens is 2. The third kappa shape index (κ3) is 6.63. The minimum Gasteiger partial charge on any atom is -0.354 e. The molecule has 0 saturated carbocycles. The van der Waals surface area contributed by atoms with Gasteiger partial charge in [0.1, 0.15) is 0 Å². The first-order chi connectivity index (χ1) is 27.5. The van der Waals surface area contributed by atoms with Crippen molar-refractivity contribution in [2.45, 2.75) is 0 Å². The molecule has 5 heterocycles. The van der Waals surface area contributed by atoms with Crippen molar-refractivity contribution in [2.75, 3.05) is 0 Å². The maximum Gasteiger partial charge on any atom is 0.0991 e. The topological polar surface area (TPSA) is 153 Å². The second-order valence-corrected chi connectivity index (χ2v) is 13.3. The van der Waals surface area contributed by atoms with E-state index in [2.05, 4.69) is 34.2 Å². The molecule has 2 aliphatic rings. The summed E-state index contributed by atoms with van der Waals surface area (Å²) in [6.07, 6.45) is 8.00. The van der Waals surface area contributed by atoms with E-state index in [0.717, 1.165) is 89.4 Å². The minimum absolute atomic E-state index is 0. The molecule has 0 saturated heterocycles. The standard InChI is InChI=1S/C48H26N8.Zn/c49-25-29-1-9-33(10-2-29)45-37-17-19-39(53-37)46(34-11-3-30(26-50)4-12-34)41-21-23-43(55-41)48(36-15-7-32(28-52)8-16-36)44-24-22-42(56-44)47(40-20-18-38(45)54-40)35-13-5-31(27-51)6-14-35;/h1-24,53,56H;. The number of hydrogen-bond donors (Lipinski definition) is 2. The van der Waals surface area contributed by atoms with Gasteiger partial charge in [-0.1, -0.05) is 48.5 Å². The van der Waals surface area contributed by atoms with E-state index in [1.165, 1.54) is 0 Å². The Kier molecular flexibility index (Phi) is 9.53. The number of hydrogen-bond acceptors (Lipinski definition) is 6. The van der Waals surface area contributed by atoms with Crippen LogP contribution in [0, 0.1) is 45.3 Å². The molecule has 2 N–H and O–H groups in total. The van der Waals surface area contributed by atoms with Crippen molar-refractivity contribution in [2.24, 2.45) is 0 Å². The Morgan fingerprint density at radius 1 is 0.316 bits per heavy atom. The molecule has 0 fully saturated rings. The van der Waals surface area contributed by atoms with E-state index in [9.17, 15) is 21.0 Å². The van der Waals surface area contributed by atoms with Gasteiger partial charge in [-0.2, -0.15) is 21.0 Å². The van der Waals surface area contributed by atoms with Crippen LogP contribution in [0.3, 0.4) is 0 Å². The number of fused-ring (bicyclic) bond motifs is 8. The van der Waals surface area contributed by atoms with Crippen LogP contribution in [-0.4, -0.2) is 19.9 Å². The smallest absolute Gasteiger partial charge is 0.0991 e. The van der Waals surface area contributed by atoms with Crippen molar-refractivity contribution in [1.29, 1.82) is 21.0 Å². The molecule has 0 unspecified atom stereocenters. The van der Waals surface area contributed by atoms with E-state index in [0.29, 0.717) is 22.3 Å². The van der Waals surface area contributed by atoms with Crippen LogP contribution >= 0.6 is 0 Å². The molecular weight excluding hydrogens is 754 g/mol. The zero-order chi connectivity index (χ0) is 38.2. The molecule has 2 aliphatic heterocycles. The second kappa shape index (κ2) is 15.1. The van der Waals surface area contributed by atoms with Crippen molar-refractivity contribution in [3.05, 3.63) is 166 Å². The van der Waals surface area contributed by atoms with E-state index < -0.39 is 0 Å². The molecule has 0 spiro atoms.